The molecule has 2 saturated heterocycles. The lowest BCUT2D eigenvalue weighted by atomic mass is 10.1. The van der Waals surface area contributed by atoms with Crippen LogP contribution in [0.15, 0.2) is 24.4 Å². The third-order valence-electron chi connectivity index (χ3n) is 5.25. The zero-order valence-corrected chi connectivity index (χ0v) is 12.6. The maximum absolute atomic E-state index is 6.01. The molecule has 0 saturated carbocycles. The van der Waals surface area contributed by atoms with Crippen LogP contribution in [0.5, 0.6) is 0 Å². The summed E-state index contributed by atoms with van der Waals surface area (Å²) in [7, 11) is 2.28. The lowest BCUT2D eigenvalue weighted by Gasteiger charge is -2.26. The van der Waals surface area contributed by atoms with Crippen molar-refractivity contribution in [1.29, 1.82) is 0 Å². The van der Waals surface area contributed by atoms with Crippen molar-refractivity contribution in [1.82, 2.24) is 14.3 Å². The minimum Gasteiger partial charge on any atom is -0.353 e. The van der Waals surface area contributed by atoms with E-state index >= 15 is 0 Å². The van der Waals surface area contributed by atoms with Crippen molar-refractivity contribution in [3.8, 4) is 0 Å². The van der Waals surface area contributed by atoms with Crippen LogP contribution in [0.4, 0.5) is 5.82 Å². The Bertz CT molecular complexity index is 649. The van der Waals surface area contributed by atoms with Crippen LogP contribution in [0.1, 0.15) is 25.0 Å². The molecule has 0 aliphatic carbocycles. The summed E-state index contributed by atoms with van der Waals surface area (Å²) in [5, 5.41) is 0. The van der Waals surface area contributed by atoms with Gasteiger partial charge in [-0.3, -0.25) is 4.90 Å². The molecule has 112 valence electrons. The molecule has 4 heterocycles. The SMILES string of the molecule is CN1C2CCC1CN(c1nc3ccccn3c1CN)CC2. The van der Waals surface area contributed by atoms with Crippen molar-refractivity contribution in [3.63, 3.8) is 0 Å². The van der Waals surface area contributed by atoms with E-state index in [2.05, 4.69) is 33.5 Å². The Kier molecular flexibility index (Phi) is 3.12. The van der Waals surface area contributed by atoms with Crippen LogP contribution in [-0.2, 0) is 6.54 Å². The van der Waals surface area contributed by atoms with E-state index in [4.69, 9.17) is 10.7 Å². The number of anilines is 1. The van der Waals surface area contributed by atoms with Crippen molar-refractivity contribution in [3.05, 3.63) is 30.1 Å². The van der Waals surface area contributed by atoms with Crippen LogP contribution in [-0.4, -0.2) is 46.5 Å². The Morgan fingerprint density at radius 2 is 2.10 bits per heavy atom. The van der Waals surface area contributed by atoms with E-state index in [-0.39, 0.29) is 0 Å². The second-order valence-corrected chi connectivity index (χ2v) is 6.30. The number of rotatable bonds is 2. The lowest BCUT2D eigenvalue weighted by Crippen LogP contribution is -2.37. The van der Waals surface area contributed by atoms with Crippen molar-refractivity contribution in [2.45, 2.75) is 37.9 Å². The fourth-order valence-corrected chi connectivity index (χ4v) is 3.98. The monoisotopic (exact) mass is 285 g/mol. The third-order valence-corrected chi connectivity index (χ3v) is 5.25. The van der Waals surface area contributed by atoms with Gasteiger partial charge in [-0.2, -0.15) is 0 Å². The molecule has 5 heteroatoms. The molecule has 4 rings (SSSR count). The van der Waals surface area contributed by atoms with E-state index in [1.165, 1.54) is 19.3 Å². The smallest absolute Gasteiger partial charge is 0.152 e. The number of imidazole rings is 1. The summed E-state index contributed by atoms with van der Waals surface area (Å²) in [5.41, 5.74) is 8.14. The third kappa shape index (κ3) is 2.03. The van der Waals surface area contributed by atoms with Gasteiger partial charge in [-0.05, 0) is 38.4 Å². The van der Waals surface area contributed by atoms with Crippen molar-refractivity contribution >= 4 is 11.5 Å². The summed E-state index contributed by atoms with van der Waals surface area (Å²) in [6, 6.07) is 7.53. The normalized spacial score (nSPS) is 26.5. The first-order valence-corrected chi connectivity index (χ1v) is 7.91. The maximum atomic E-state index is 6.01. The van der Waals surface area contributed by atoms with Gasteiger partial charge in [0.05, 0.1) is 5.69 Å². The highest BCUT2D eigenvalue weighted by molar-refractivity contribution is 5.56. The molecule has 0 spiro atoms. The van der Waals surface area contributed by atoms with Gasteiger partial charge < -0.3 is 15.0 Å². The number of likely N-dealkylation sites (N-methyl/N-ethyl adjacent to an activating group) is 1. The number of hydrogen-bond donors (Lipinski definition) is 1. The van der Waals surface area contributed by atoms with Gasteiger partial charge >= 0.3 is 0 Å². The summed E-state index contributed by atoms with van der Waals surface area (Å²) in [6.45, 7) is 2.69. The number of nitrogens with zero attached hydrogens (tertiary/aromatic N) is 4. The summed E-state index contributed by atoms with van der Waals surface area (Å²) >= 11 is 0. The zero-order chi connectivity index (χ0) is 14.4. The van der Waals surface area contributed by atoms with Crippen LogP contribution in [0.2, 0.25) is 0 Å². The molecule has 0 aromatic carbocycles. The molecule has 2 aromatic rings. The van der Waals surface area contributed by atoms with Gasteiger partial charge in [-0.25, -0.2) is 4.98 Å². The fourth-order valence-electron chi connectivity index (χ4n) is 3.98. The van der Waals surface area contributed by atoms with Crippen LogP contribution in [0.3, 0.4) is 0 Å². The zero-order valence-electron chi connectivity index (χ0n) is 12.6. The molecule has 2 bridgehead atoms. The van der Waals surface area contributed by atoms with E-state index < -0.39 is 0 Å². The highest BCUT2D eigenvalue weighted by Crippen LogP contribution is 2.31. The van der Waals surface area contributed by atoms with Gasteiger partial charge in [0.1, 0.15) is 5.65 Å². The molecule has 2 aliphatic rings. The molecule has 5 nitrogen and oxygen atoms in total. The van der Waals surface area contributed by atoms with Gasteiger partial charge in [0.2, 0.25) is 0 Å². The molecule has 2 atom stereocenters. The van der Waals surface area contributed by atoms with Crippen LogP contribution in [0.25, 0.3) is 5.65 Å². The highest BCUT2D eigenvalue weighted by atomic mass is 15.3. The summed E-state index contributed by atoms with van der Waals surface area (Å²) in [5.74, 6) is 1.09. The summed E-state index contributed by atoms with van der Waals surface area (Å²) in [6.07, 6.45) is 5.95. The largest absolute Gasteiger partial charge is 0.353 e. The van der Waals surface area contributed by atoms with Gasteiger partial charge in [0.15, 0.2) is 5.82 Å². The molecule has 2 unspecified atom stereocenters. The standard InChI is InChI=1S/C16H23N5/c1-19-12-5-6-13(19)11-20(9-7-12)16-14(10-17)21-8-3-2-4-15(21)18-16/h2-4,8,12-13H,5-7,9-11,17H2,1H3. The van der Waals surface area contributed by atoms with Crippen molar-refractivity contribution in [2.24, 2.45) is 5.73 Å². The molecule has 21 heavy (non-hydrogen) atoms. The fraction of sp³-hybridized carbons (Fsp3) is 0.562. The van der Waals surface area contributed by atoms with Crippen LogP contribution < -0.4 is 10.6 Å². The van der Waals surface area contributed by atoms with Gasteiger partial charge in [-0.1, -0.05) is 6.07 Å². The van der Waals surface area contributed by atoms with E-state index in [0.717, 1.165) is 36.3 Å². The Morgan fingerprint density at radius 1 is 1.24 bits per heavy atom. The maximum Gasteiger partial charge on any atom is 0.152 e. The Labute approximate surface area is 125 Å². The van der Waals surface area contributed by atoms with Gasteiger partial charge in [0.25, 0.3) is 0 Å². The summed E-state index contributed by atoms with van der Waals surface area (Å²) < 4.78 is 2.13. The quantitative estimate of drug-likeness (QED) is 0.908. The minimum atomic E-state index is 0.529. The minimum absolute atomic E-state index is 0.529. The molecular weight excluding hydrogens is 262 g/mol. The first-order chi connectivity index (χ1) is 10.3. The second kappa shape index (κ2) is 5.00. The molecule has 2 aliphatic heterocycles. The van der Waals surface area contributed by atoms with Crippen molar-refractivity contribution in [2.75, 3.05) is 25.0 Å². The second-order valence-electron chi connectivity index (χ2n) is 6.30. The Hall–Kier alpha value is -1.59. The molecule has 2 fully saturated rings. The van der Waals surface area contributed by atoms with Gasteiger partial charge in [0, 0.05) is 37.9 Å². The lowest BCUT2D eigenvalue weighted by molar-refractivity contribution is 0.254. The Balaban J connectivity index is 1.73. The van der Waals surface area contributed by atoms with Crippen LogP contribution in [0, 0.1) is 0 Å². The summed E-state index contributed by atoms with van der Waals surface area (Å²) in [4.78, 5) is 9.87. The van der Waals surface area contributed by atoms with Crippen molar-refractivity contribution < 1.29 is 0 Å². The predicted molar refractivity (Wildman–Crippen MR) is 84.5 cm³/mol. The number of hydrogen-bond acceptors (Lipinski definition) is 4. The molecular formula is C16H23N5. The molecule has 2 N–H and O–H groups in total. The molecule has 2 aromatic heterocycles. The van der Waals surface area contributed by atoms with E-state index in [1.807, 2.05) is 12.1 Å². The molecule has 0 radical (unpaired) electrons. The topological polar surface area (TPSA) is 49.8 Å². The van der Waals surface area contributed by atoms with E-state index in [9.17, 15) is 0 Å². The first-order valence-electron chi connectivity index (χ1n) is 7.91. The highest BCUT2D eigenvalue weighted by Gasteiger charge is 2.35. The number of pyridine rings is 1. The van der Waals surface area contributed by atoms with E-state index in [1.54, 1.807) is 0 Å². The van der Waals surface area contributed by atoms with Crippen LogP contribution >= 0.6 is 0 Å². The number of fused-ring (bicyclic) bond motifs is 3. The van der Waals surface area contributed by atoms with Gasteiger partial charge in [-0.15, -0.1) is 0 Å². The Morgan fingerprint density at radius 3 is 2.95 bits per heavy atom. The average molecular weight is 285 g/mol. The number of aromatic nitrogens is 2. The molecule has 0 amide bonds. The number of nitrogens with two attached hydrogens (primary N) is 1. The average Bonchev–Trinajstić information content (AvgIpc) is 2.97. The van der Waals surface area contributed by atoms with E-state index in [0.29, 0.717) is 12.6 Å². The predicted octanol–water partition coefficient (Wildman–Crippen LogP) is 1.47. The first kappa shape index (κ1) is 13.1.